The second-order valence-electron chi connectivity index (χ2n) is 11.9. The molecule has 0 spiro atoms. The molecule has 0 heterocycles. The molecule has 0 aromatic heterocycles. The molecule has 0 radical (unpaired) electrons. The van der Waals surface area contributed by atoms with Gasteiger partial charge in [-0.05, 0) is 32.1 Å². The largest absolute Gasteiger partial charge is 0.472 e. The molecule has 0 aliphatic rings. The molecule has 9 nitrogen and oxygen atoms in total. The van der Waals surface area contributed by atoms with Crippen LogP contribution in [0.25, 0.3) is 0 Å². The number of unbranched alkanes of at least 4 members (excludes halogenated alkanes) is 20. The fraction of sp³-hybridized carbons (Fsp3) is 0.889. The van der Waals surface area contributed by atoms with Crippen LogP contribution in [0.1, 0.15) is 181 Å². The Morgan fingerprint density at radius 1 is 0.696 bits per heavy atom. The predicted molar refractivity (Wildman–Crippen MR) is 188 cm³/mol. The first-order valence-electron chi connectivity index (χ1n) is 20.6. The summed E-state index contributed by atoms with van der Waals surface area (Å²) in [6, 6.07) is 0. The van der Waals surface area contributed by atoms with Gasteiger partial charge in [0, 0.05) is 19.4 Å². The summed E-state index contributed by atoms with van der Waals surface area (Å²) in [6.07, 6.45) is 23.8. The number of esters is 2. The summed E-state index contributed by atoms with van der Waals surface area (Å²) >= 11 is 0. The topological polar surface area (TPSA) is 134 Å². The van der Waals surface area contributed by atoms with Crippen LogP contribution < -0.4 is 5.73 Å². The van der Waals surface area contributed by atoms with Crippen LogP contribution in [0.5, 0.6) is 0 Å². The fourth-order valence-corrected chi connectivity index (χ4v) is 5.35. The van der Waals surface area contributed by atoms with E-state index in [-0.39, 0.29) is 19.4 Å². The minimum absolute atomic E-state index is 0.210. The van der Waals surface area contributed by atoms with Crippen LogP contribution in [0.4, 0.5) is 0 Å². The lowest BCUT2D eigenvalue weighted by atomic mass is 10.0. The summed E-state index contributed by atoms with van der Waals surface area (Å²) in [4.78, 5) is 35.4. The van der Waals surface area contributed by atoms with Crippen LogP contribution in [-0.4, -0.2) is 49.2 Å². The molecule has 0 aromatic carbocycles. The molecule has 10 heteroatoms. The first-order valence-corrected chi connectivity index (χ1v) is 19.6. The van der Waals surface area contributed by atoms with Gasteiger partial charge in [-0.2, -0.15) is 0 Å². The van der Waals surface area contributed by atoms with Crippen LogP contribution in [0.2, 0.25) is 0 Å². The smallest absolute Gasteiger partial charge is 0.462 e. The molecule has 3 N–H and O–H groups in total. The van der Waals surface area contributed by atoms with E-state index in [1.54, 1.807) is 0 Å². The van der Waals surface area contributed by atoms with E-state index in [4.69, 9.17) is 22.1 Å². The third kappa shape index (κ3) is 32.7. The van der Waals surface area contributed by atoms with Crippen molar-refractivity contribution in [2.24, 2.45) is 5.73 Å². The van der Waals surface area contributed by atoms with Crippen LogP contribution in [0.3, 0.4) is 0 Å². The molecule has 0 aliphatic heterocycles. The summed E-state index contributed by atoms with van der Waals surface area (Å²) < 4.78 is 73.1. The quantitative estimate of drug-likeness (QED) is 0.0290. The standard InChI is InChI=1S/C36H70NO8P/c1-3-5-7-9-11-13-15-16-17-19-20-22-24-26-28-35(38)42-32-34(33-44-46(40,41)43-31-30-37)45-36(39)29-27-25-23-21-18-14-12-10-8-6-4-2/h10,12,34H,3-9,11,13-33,37H2,1-2H3,(H,40,41)/b12-10-/t34-/m1/s1/i32D2,33D2,34D. The zero-order valence-electron chi connectivity index (χ0n) is 34.1. The van der Waals surface area contributed by atoms with Crippen LogP contribution in [-0.2, 0) is 32.7 Å². The Balaban J connectivity index is 5.00. The molecule has 0 rings (SSSR count). The third-order valence-electron chi connectivity index (χ3n) is 7.48. The third-order valence-corrected chi connectivity index (χ3v) is 8.31. The van der Waals surface area contributed by atoms with Gasteiger partial charge >= 0.3 is 19.8 Å². The molecule has 0 bridgehead atoms. The molecule has 272 valence electrons. The number of hydrogen-bond donors (Lipinski definition) is 2. The van der Waals surface area contributed by atoms with Crippen molar-refractivity contribution in [3.05, 3.63) is 12.2 Å². The lowest BCUT2D eigenvalue weighted by Crippen LogP contribution is -2.29. The molecule has 2 atom stereocenters. The minimum atomic E-state index is -5.25. The molecule has 0 fully saturated rings. The van der Waals surface area contributed by atoms with Crippen LogP contribution in [0, 0.1) is 0 Å². The van der Waals surface area contributed by atoms with Gasteiger partial charge in [-0.15, -0.1) is 0 Å². The highest BCUT2D eigenvalue weighted by molar-refractivity contribution is 7.47. The monoisotopic (exact) mass is 681 g/mol. The number of carbonyl (C=O) groups excluding carboxylic acids is 2. The van der Waals surface area contributed by atoms with E-state index in [1.165, 1.54) is 64.2 Å². The van der Waals surface area contributed by atoms with E-state index < -0.39 is 45.6 Å². The maximum absolute atomic E-state index is 12.8. The number of phosphoric acid groups is 1. The molecular formula is C36H70NO8P. The molecule has 0 saturated carbocycles. The summed E-state index contributed by atoms with van der Waals surface area (Å²) in [5.41, 5.74) is 5.27. The lowest BCUT2D eigenvalue weighted by Gasteiger charge is -2.19. The van der Waals surface area contributed by atoms with E-state index in [9.17, 15) is 19.0 Å². The first-order chi connectivity index (χ1) is 24.2. The van der Waals surface area contributed by atoms with Gasteiger partial charge in [-0.1, -0.05) is 142 Å². The summed E-state index contributed by atoms with van der Waals surface area (Å²) in [6.45, 7) is -3.77. The summed E-state index contributed by atoms with van der Waals surface area (Å²) in [5, 5.41) is 0. The fourth-order valence-electron chi connectivity index (χ4n) is 4.76. The molecule has 1 unspecified atom stereocenters. The number of ether oxygens (including phenoxy) is 2. The van der Waals surface area contributed by atoms with Gasteiger partial charge in [0.1, 0.15) is 6.56 Å². The van der Waals surface area contributed by atoms with Gasteiger partial charge in [0.2, 0.25) is 0 Å². The predicted octanol–water partition coefficient (Wildman–Crippen LogP) is 9.88. The number of nitrogens with two attached hydrogens (primary N) is 1. The highest BCUT2D eigenvalue weighted by Crippen LogP contribution is 2.43. The average Bonchev–Trinajstić information content (AvgIpc) is 3.05. The molecule has 0 saturated heterocycles. The van der Waals surface area contributed by atoms with Crippen molar-refractivity contribution in [1.82, 2.24) is 0 Å². The number of carbonyl (C=O) groups is 2. The SMILES string of the molecule is [2H]C([2H])(OC(=O)CCCCCCCCCCCCCCCC)[C@@]([2H])(OC(=O)CCCCCCC/C=C\CCCC)C([2H])([2H])OP(=O)(O)OCCN. The Morgan fingerprint density at radius 3 is 1.67 bits per heavy atom. The van der Waals surface area contributed by atoms with Gasteiger partial charge in [0.25, 0.3) is 0 Å². The molecule has 0 amide bonds. The molecule has 0 aliphatic carbocycles. The zero-order valence-corrected chi connectivity index (χ0v) is 30.0. The second kappa shape index (κ2) is 33.6. The van der Waals surface area contributed by atoms with Crippen LogP contribution >= 0.6 is 7.82 Å². The van der Waals surface area contributed by atoms with Crippen molar-refractivity contribution in [2.45, 2.75) is 180 Å². The average molecular weight is 681 g/mol. The number of phosphoric ester groups is 1. The van der Waals surface area contributed by atoms with E-state index in [2.05, 4.69) is 35.0 Å². The maximum atomic E-state index is 12.8. The highest BCUT2D eigenvalue weighted by atomic mass is 31.2. The summed E-state index contributed by atoms with van der Waals surface area (Å²) in [5.74, 6) is -2.23. The lowest BCUT2D eigenvalue weighted by molar-refractivity contribution is -0.161. The molecule has 46 heavy (non-hydrogen) atoms. The van der Waals surface area contributed by atoms with Crippen molar-refractivity contribution in [3.8, 4) is 0 Å². The van der Waals surface area contributed by atoms with Gasteiger partial charge in [0.05, 0.1) is 20.0 Å². The van der Waals surface area contributed by atoms with E-state index in [1.807, 2.05) is 0 Å². The van der Waals surface area contributed by atoms with Crippen molar-refractivity contribution >= 4 is 19.8 Å². The maximum Gasteiger partial charge on any atom is 0.472 e. The van der Waals surface area contributed by atoms with Gasteiger partial charge in [-0.3, -0.25) is 18.6 Å². The number of rotatable bonds is 35. The van der Waals surface area contributed by atoms with Gasteiger partial charge in [-0.25, -0.2) is 4.57 Å². The minimum Gasteiger partial charge on any atom is -0.462 e. The van der Waals surface area contributed by atoms with Crippen molar-refractivity contribution in [2.75, 3.05) is 26.3 Å². The van der Waals surface area contributed by atoms with Crippen molar-refractivity contribution < 1.29 is 44.4 Å². The second-order valence-corrected chi connectivity index (χ2v) is 13.3. The van der Waals surface area contributed by atoms with Crippen molar-refractivity contribution in [3.63, 3.8) is 0 Å². The summed E-state index contributed by atoms with van der Waals surface area (Å²) in [7, 11) is -5.25. The van der Waals surface area contributed by atoms with Gasteiger partial charge < -0.3 is 20.1 Å². The molecular weight excluding hydrogens is 605 g/mol. The first kappa shape index (κ1) is 36.0. The van der Waals surface area contributed by atoms with E-state index >= 15 is 0 Å². The Hall–Kier alpha value is -1.25. The Bertz CT molecular complexity index is 991. The Kier molecular flexibility index (Phi) is 26.4. The Labute approximate surface area is 288 Å². The number of hydrogen-bond acceptors (Lipinski definition) is 8. The zero-order chi connectivity index (χ0) is 38.5. The van der Waals surface area contributed by atoms with Crippen molar-refractivity contribution in [1.29, 1.82) is 0 Å². The van der Waals surface area contributed by atoms with E-state index in [0.717, 1.165) is 57.8 Å². The van der Waals surface area contributed by atoms with Gasteiger partial charge in [0.15, 0.2) is 6.08 Å². The highest BCUT2D eigenvalue weighted by Gasteiger charge is 2.25. The van der Waals surface area contributed by atoms with E-state index in [0.29, 0.717) is 25.7 Å². The normalized spacial score (nSPS) is 16.5. The van der Waals surface area contributed by atoms with Crippen LogP contribution in [0.15, 0.2) is 12.2 Å². The Morgan fingerprint density at radius 2 is 1.15 bits per heavy atom. The number of allylic oxidation sites excluding steroid dienone is 2. The molecule has 0 aromatic rings.